The Kier molecular flexibility index (Phi) is 7.74. The van der Waals surface area contributed by atoms with E-state index >= 15 is 0 Å². The summed E-state index contributed by atoms with van der Waals surface area (Å²) in [5.74, 6) is -2.05. The van der Waals surface area contributed by atoms with Crippen molar-refractivity contribution >= 4 is 5.97 Å². The molecule has 3 nitrogen and oxygen atoms in total. The van der Waals surface area contributed by atoms with Crippen molar-refractivity contribution in [1.82, 2.24) is 4.90 Å². The zero-order valence-electron chi connectivity index (χ0n) is 20.5. The average Bonchev–Trinajstić information content (AvgIpc) is 3.34. The van der Waals surface area contributed by atoms with E-state index in [2.05, 4.69) is 0 Å². The minimum Gasteiger partial charge on any atom is -0.481 e. The van der Waals surface area contributed by atoms with Crippen molar-refractivity contribution in [3.05, 3.63) is 70.8 Å². The second-order valence-electron chi connectivity index (χ2n) is 10.4. The standard InChI is InChI=1S/C27H26F9NO2/c28-25(29,30)18-5-3-16(4-6-18)22-14-19(24(23(38)39)10-1-2-11-24)9-12-37(22)15-17-13-20(26(31,32)33)7-8-21(17)27(34,35)36/h1-3,5-8,13,16,19,22H,4,9-12,14-15H2,(H,38,39)/t16?,19?,22-/m1/s1. The average molecular weight is 567 g/mol. The maximum Gasteiger partial charge on any atom is 0.416 e. The molecule has 0 saturated carbocycles. The van der Waals surface area contributed by atoms with Crippen LogP contribution in [0.1, 0.15) is 48.8 Å². The summed E-state index contributed by atoms with van der Waals surface area (Å²) < 4.78 is 121. The van der Waals surface area contributed by atoms with E-state index in [4.69, 9.17) is 0 Å². The molecular weight excluding hydrogens is 541 g/mol. The molecule has 39 heavy (non-hydrogen) atoms. The molecule has 0 spiro atoms. The number of likely N-dealkylation sites (tertiary alicyclic amines) is 1. The van der Waals surface area contributed by atoms with Crippen molar-refractivity contribution in [1.29, 1.82) is 0 Å². The highest BCUT2D eigenvalue weighted by atomic mass is 19.4. The Morgan fingerprint density at radius 2 is 1.64 bits per heavy atom. The summed E-state index contributed by atoms with van der Waals surface area (Å²) in [6, 6.07) is 0.540. The Bertz CT molecular complexity index is 1170. The lowest BCUT2D eigenvalue weighted by molar-refractivity contribution is -0.154. The van der Waals surface area contributed by atoms with Crippen LogP contribution in [0, 0.1) is 17.3 Å². The van der Waals surface area contributed by atoms with Gasteiger partial charge in [0.1, 0.15) is 0 Å². The molecule has 3 aliphatic rings. The number of alkyl halides is 9. The van der Waals surface area contributed by atoms with Crippen LogP contribution in [0.2, 0.25) is 0 Å². The molecule has 0 amide bonds. The van der Waals surface area contributed by atoms with Gasteiger partial charge in [0.05, 0.1) is 22.1 Å². The summed E-state index contributed by atoms with van der Waals surface area (Å²) in [7, 11) is 0. The fourth-order valence-electron chi connectivity index (χ4n) is 6.07. The molecule has 2 unspecified atom stereocenters. The molecule has 1 N–H and O–H groups in total. The lowest BCUT2D eigenvalue weighted by Crippen LogP contribution is -2.51. The van der Waals surface area contributed by atoms with Crippen LogP contribution in [0.5, 0.6) is 0 Å². The summed E-state index contributed by atoms with van der Waals surface area (Å²) >= 11 is 0. The SMILES string of the molecule is O=C(O)C1(C2CCN(Cc3cc(C(F)(F)F)ccc3C(F)(F)F)[C@@H](C3C=CC(C(F)(F)F)=CC3)C2)CC=CC1. The molecule has 1 fully saturated rings. The molecule has 12 heteroatoms. The normalized spacial score (nSPS) is 26.1. The molecule has 1 aromatic carbocycles. The van der Waals surface area contributed by atoms with Gasteiger partial charge in [0.25, 0.3) is 0 Å². The summed E-state index contributed by atoms with van der Waals surface area (Å²) in [6.45, 7) is -0.438. The summed E-state index contributed by atoms with van der Waals surface area (Å²) in [5.41, 5.74) is -5.06. The zero-order chi connectivity index (χ0) is 28.8. The highest BCUT2D eigenvalue weighted by molar-refractivity contribution is 5.76. The first-order valence-corrected chi connectivity index (χ1v) is 12.4. The summed E-state index contributed by atoms with van der Waals surface area (Å²) in [6.07, 6.45) is -6.85. The van der Waals surface area contributed by atoms with Crippen LogP contribution in [0.4, 0.5) is 39.5 Å². The second kappa shape index (κ2) is 10.3. The maximum absolute atomic E-state index is 13.7. The van der Waals surface area contributed by atoms with E-state index < -0.39 is 76.6 Å². The number of carboxylic acid groups (broad SMARTS) is 1. The van der Waals surface area contributed by atoms with Crippen LogP contribution in [-0.2, 0) is 23.7 Å². The van der Waals surface area contributed by atoms with E-state index in [1.807, 2.05) is 0 Å². The first kappa shape index (κ1) is 29.2. The molecular formula is C27H26F9NO2. The smallest absolute Gasteiger partial charge is 0.416 e. The van der Waals surface area contributed by atoms with Crippen LogP contribution in [0.15, 0.2) is 54.2 Å². The largest absolute Gasteiger partial charge is 0.481 e. The number of halogens is 9. The second-order valence-corrected chi connectivity index (χ2v) is 10.4. The summed E-state index contributed by atoms with van der Waals surface area (Å²) in [4.78, 5) is 13.8. The van der Waals surface area contributed by atoms with Gasteiger partial charge < -0.3 is 5.11 Å². The molecule has 3 atom stereocenters. The van der Waals surface area contributed by atoms with Crippen molar-refractivity contribution in [2.75, 3.05) is 6.54 Å². The number of hydrogen-bond donors (Lipinski definition) is 1. The summed E-state index contributed by atoms with van der Waals surface area (Å²) in [5, 5.41) is 10.0. The van der Waals surface area contributed by atoms with E-state index in [0.29, 0.717) is 18.2 Å². The van der Waals surface area contributed by atoms with E-state index in [1.54, 1.807) is 17.1 Å². The van der Waals surface area contributed by atoms with Crippen molar-refractivity contribution in [3.8, 4) is 0 Å². The maximum atomic E-state index is 13.7. The third kappa shape index (κ3) is 6.05. The molecule has 1 aliphatic heterocycles. The molecule has 214 valence electrons. The van der Waals surface area contributed by atoms with Gasteiger partial charge in [-0.1, -0.05) is 30.4 Å². The number of carbonyl (C=O) groups is 1. The quantitative estimate of drug-likeness (QED) is 0.292. The van der Waals surface area contributed by atoms with E-state index in [1.165, 1.54) is 6.08 Å². The van der Waals surface area contributed by atoms with Gasteiger partial charge in [-0.3, -0.25) is 9.69 Å². The van der Waals surface area contributed by atoms with Crippen LogP contribution in [0.3, 0.4) is 0 Å². The molecule has 1 saturated heterocycles. The lowest BCUT2D eigenvalue weighted by atomic mass is 9.66. The molecule has 1 heterocycles. The van der Waals surface area contributed by atoms with Crippen LogP contribution < -0.4 is 0 Å². The third-order valence-electron chi connectivity index (χ3n) is 8.16. The molecule has 0 aromatic heterocycles. The monoisotopic (exact) mass is 567 g/mol. The molecule has 0 radical (unpaired) electrons. The van der Waals surface area contributed by atoms with Crippen LogP contribution in [-0.4, -0.2) is 34.7 Å². The van der Waals surface area contributed by atoms with Gasteiger partial charge in [0.15, 0.2) is 0 Å². The number of allylic oxidation sites excluding steroid dienone is 5. The highest BCUT2D eigenvalue weighted by Crippen LogP contribution is 2.49. The Labute approximate surface area is 218 Å². The number of benzene rings is 1. The van der Waals surface area contributed by atoms with Gasteiger partial charge in [-0.2, -0.15) is 39.5 Å². The third-order valence-corrected chi connectivity index (χ3v) is 8.16. The lowest BCUT2D eigenvalue weighted by Gasteiger charge is -2.47. The molecule has 0 bridgehead atoms. The van der Waals surface area contributed by atoms with Gasteiger partial charge in [-0.25, -0.2) is 0 Å². The minimum absolute atomic E-state index is 0.0814. The van der Waals surface area contributed by atoms with E-state index in [-0.39, 0.29) is 38.6 Å². The first-order chi connectivity index (χ1) is 18.0. The number of nitrogens with zero attached hydrogens (tertiary/aromatic N) is 1. The van der Waals surface area contributed by atoms with Gasteiger partial charge in [-0.15, -0.1) is 0 Å². The predicted molar refractivity (Wildman–Crippen MR) is 123 cm³/mol. The predicted octanol–water partition coefficient (Wildman–Crippen LogP) is 7.79. The first-order valence-electron chi connectivity index (χ1n) is 12.4. The number of carboxylic acids is 1. The van der Waals surface area contributed by atoms with Gasteiger partial charge in [0, 0.05) is 12.6 Å². The number of rotatable bonds is 5. The minimum atomic E-state index is -4.93. The Hall–Kier alpha value is -2.76. The van der Waals surface area contributed by atoms with Gasteiger partial charge in [-0.05, 0) is 74.2 Å². The van der Waals surface area contributed by atoms with E-state index in [0.717, 1.165) is 12.2 Å². The molecule has 2 aliphatic carbocycles. The zero-order valence-corrected chi connectivity index (χ0v) is 20.5. The molecule has 1 aromatic rings. The van der Waals surface area contributed by atoms with Crippen molar-refractivity contribution in [2.45, 2.75) is 63.2 Å². The Morgan fingerprint density at radius 3 is 2.15 bits per heavy atom. The number of piperidine rings is 1. The molecule has 4 rings (SSSR count). The number of hydrogen-bond acceptors (Lipinski definition) is 2. The highest BCUT2D eigenvalue weighted by Gasteiger charge is 2.50. The topological polar surface area (TPSA) is 40.5 Å². The number of aliphatic carboxylic acids is 1. The van der Waals surface area contributed by atoms with Crippen LogP contribution >= 0.6 is 0 Å². The Morgan fingerprint density at radius 1 is 0.974 bits per heavy atom. The van der Waals surface area contributed by atoms with Crippen molar-refractivity contribution < 1.29 is 49.4 Å². The van der Waals surface area contributed by atoms with Crippen molar-refractivity contribution in [3.63, 3.8) is 0 Å². The van der Waals surface area contributed by atoms with Gasteiger partial charge in [0.2, 0.25) is 0 Å². The van der Waals surface area contributed by atoms with E-state index in [9.17, 15) is 49.4 Å². The fourth-order valence-corrected chi connectivity index (χ4v) is 6.07. The fraction of sp³-hybridized carbons (Fsp3) is 0.519. The van der Waals surface area contributed by atoms with Crippen molar-refractivity contribution in [2.24, 2.45) is 17.3 Å². The van der Waals surface area contributed by atoms with Gasteiger partial charge >= 0.3 is 24.5 Å². The van der Waals surface area contributed by atoms with Crippen LogP contribution in [0.25, 0.3) is 0 Å². The Balaban J connectivity index is 1.69.